The van der Waals surface area contributed by atoms with Crippen molar-refractivity contribution in [3.05, 3.63) is 38.3 Å². The van der Waals surface area contributed by atoms with Gasteiger partial charge in [0.25, 0.3) is 5.91 Å². The lowest BCUT2D eigenvalue weighted by Gasteiger charge is -2.13. The summed E-state index contributed by atoms with van der Waals surface area (Å²) in [5, 5.41) is 3.71. The summed E-state index contributed by atoms with van der Waals surface area (Å²) in [7, 11) is 1.75. The predicted molar refractivity (Wildman–Crippen MR) is 69.1 cm³/mol. The molecule has 0 saturated carbocycles. The van der Waals surface area contributed by atoms with E-state index in [1.165, 1.54) is 0 Å². The summed E-state index contributed by atoms with van der Waals surface area (Å²) in [5.41, 5.74) is 0.348. The second-order valence-electron chi connectivity index (χ2n) is 3.69. The Bertz CT molecular complexity index is 535. The van der Waals surface area contributed by atoms with Gasteiger partial charge in [0.1, 0.15) is 5.76 Å². The molecule has 0 saturated heterocycles. The van der Waals surface area contributed by atoms with Crippen LogP contribution < -0.4 is 0 Å². The molecule has 90 valence electrons. The van der Waals surface area contributed by atoms with Crippen LogP contribution in [0.4, 0.5) is 0 Å². The van der Waals surface area contributed by atoms with Gasteiger partial charge in [-0.1, -0.05) is 5.16 Å². The molecule has 2 rings (SSSR count). The van der Waals surface area contributed by atoms with Gasteiger partial charge in [-0.05, 0) is 35.0 Å². The van der Waals surface area contributed by atoms with Crippen LogP contribution in [-0.4, -0.2) is 23.0 Å². The van der Waals surface area contributed by atoms with Crippen molar-refractivity contribution in [3.8, 4) is 0 Å². The highest BCUT2D eigenvalue weighted by molar-refractivity contribution is 9.11. The van der Waals surface area contributed by atoms with Gasteiger partial charge in [-0.25, -0.2) is 0 Å². The second-order valence-corrected chi connectivity index (χ2v) is 6.24. The molecule has 0 aromatic carbocycles. The molecule has 0 aliphatic rings. The molecule has 17 heavy (non-hydrogen) atoms. The number of hydrogen-bond donors (Lipinski definition) is 0. The van der Waals surface area contributed by atoms with Gasteiger partial charge in [-0.15, -0.1) is 11.3 Å². The zero-order chi connectivity index (χ0) is 12.4. The van der Waals surface area contributed by atoms with Crippen molar-refractivity contribution in [2.45, 2.75) is 13.5 Å². The van der Waals surface area contributed by atoms with E-state index in [0.29, 0.717) is 18.0 Å². The molecule has 6 heteroatoms. The van der Waals surface area contributed by atoms with E-state index < -0.39 is 0 Å². The third kappa shape index (κ3) is 2.95. The van der Waals surface area contributed by atoms with Crippen molar-refractivity contribution < 1.29 is 9.32 Å². The minimum atomic E-state index is -0.133. The molecule has 0 radical (unpaired) electrons. The first-order chi connectivity index (χ1) is 8.06. The summed E-state index contributed by atoms with van der Waals surface area (Å²) in [5.74, 6) is 0.506. The van der Waals surface area contributed by atoms with Gasteiger partial charge < -0.3 is 9.42 Å². The van der Waals surface area contributed by atoms with Crippen LogP contribution in [0.5, 0.6) is 0 Å². The summed E-state index contributed by atoms with van der Waals surface area (Å²) >= 11 is 5.01. The summed E-state index contributed by atoms with van der Waals surface area (Å²) in [6.45, 7) is 2.33. The quantitative estimate of drug-likeness (QED) is 0.874. The minimum Gasteiger partial charge on any atom is -0.361 e. The summed E-state index contributed by atoms with van der Waals surface area (Å²) in [6.07, 6.45) is 0. The smallest absolute Gasteiger partial charge is 0.276 e. The summed E-state index contributed by atoms with van der Waals surface area (Å²) in [6, 6.07) is 5.61. The number of halogens is 1. The summed E-state index contributed by atoms with van der Waals surface area (Å²) < 4.78 is 5.95. The van der Waals surface area contributed by atoms with E-state index in [2.05, 4.69) is 21.1 Å². The fourth-order valence-corrected chi connectivity index (χ4v) is 2.94. The van der Waals surface area contributed by atoms with Crippen molar-refractivity contribution in [1.29, 1.82) is 0 Å². The van der Waals surface area contributed by atoms with E-state index in [9.17, 15) is 4.79 Å². The van der Waals surface area contributed by atoms with E-state index in [1.807, 2.05) is 12.1 Å². The zero-order valence-electron chi connectivity index (χ0n) is 9.44. The monoisotopic (exact) mass is 314 g/mol. The molecular formula is C11H11BrN2O2S. The average molecular weight is 315 g/mol. The van der Waals surface area contributed by atoms with Gasteiger partial charge >= 0.3 is 0 Å². The van der Waals surface area contributed by atoms with Crippen LogP contribution in [0.25, 0.3) is 0 Å². The van der Waals surface area contributed by atoms with E-state index >= 15 is 0 Å². The van der Waals surface area contributed by atoms with Crippen LogP contribution in [0.1, 0.15) is 21.1 Å². The standard InChI is InChI=1S/C11H11BrN2O2S/c1-7-5-9(13-16-7)11(15)14(2)6-8-3-4-10(12)17-8/h3-5H,6H2,1-2H3. The minimum absolute atomic E-state index is 0.133. The molecule has 0 aliphatic heterocycles. The lowest BCUT2D eigenvalue weighted by molar-refractivity contribution is 0.0776. The zero-order valence-corrected chi connectivity index (χ0v) is 11.8. The maximum atomic E-state index is 12.0. The van der Waals surface area contributed by atoms with Crippen LogP contribution in [0.2, 0.25) is 0 Å². The van der Waals surface area contributed by atoms with Crippen LogP contribution in [-0.2, 0) is 6.54 Å². The number of thiophene rings is 1. The molecule has 0 bridgehead atoms. The Morgan fingerprint density at radius 2 is 2.35 bits per heavy atom. The number of carbonyl (C=O) groups is 1. The molecule has 0 aliphatic carbocycles. The van der Waals surface area contributed by atoms with Crippen molar-refractivity contribution in [2.24, 2.45) is 0 Å². The molecule has 2 aromatic rings. The largest absolute Gasteiger partial charge is 0.361 e. The number of nitrogens with zero attached hydrogens (tertiary/aromatic N) is 2. The van der Waals surface area contributed by atoms with Crippen LogP contribution in [0.15, 0.2) is 26.5 Å². The van der Waals surface area contributed by atoms with Crippen molar-refractivity contribution in [2.75, 3.05) is 7.05 Å². The number of aromatic nitrogens is 1. The van der Waals surface area contributed by atoms with E-state index in [0.717, 1.165) is 8.66 Å². The molecular weight excluding hydrogens is 304 g/mol. The lowest BCUT2D eigenvalue weighted by Crippen LogP contribution is -2.26. The lowest BCUT2D eigenvalue weighted by atomic mass is 10.3. The van der Waals surface area contributed by atoms with Crippen molar-refractivity contribution in [1.82, 2.24) is 10.1 Å². The fraction of sp³-hybridized carbons (Fsp3) is 0.273. The molecule has 2 heterocycles. The molecule has 0 spiro atoms. The molecule has 4 nitrogen and oxygen atoms in total. The first-order valence-electron chi connectivity index (χ1n) is 4.99. The summed E-state index contributed by atoms with van der Waals surface area (Å²) in [4.78, 5) is 14.7. The van der Waals surface area contributed by atoms with E-state index in [4.69, 9.17) is 4.52 Å². The number of hydrogen-bond acceptors (Lipinski definition) is 4. The Hall–Kier alpha value is -1.14. The van der Waals surface area contributed by atoms with Gasteiger partial charge in [0.2, 0.25) is 0 Å². The molecule has 0 atom stereocenters. The maximum absolute atomic E-state index is 12.0. The van der Waals surface area contributed by atoms with E-state index in [1.54, 1.807) is 36.3 Å². The SMILES string of the molecule is Cc1cc(C(=O)N(C)Cc2ccc(Br)s2)no1. The number of carbonyl (C=O) groups excluding carboxylic acids is 1. The first-order valence-corrected chi connectivity index (χ1v) is 6.60. The average Bonchev–Trinajstić information content (AvgIpc) is 2.87. The van der Waals surface area contributed by atoms with Crippen LogP contribution in [0, 0.1) is 6.92 Å². The third-order valence-corrected chi connectivity index (χ3v) is 3.82. The highest BCUT2D eigenvalue weighted by atomic mass is 79.9. The Balaban J connectivity index is 2.05. The second kappa shape index (κ2) is 5.01. The fourth-order valence-electron chi connectivity index (χ4n) is 1.41. The first kappa shape index (κ1) is 12.3. The van der Waals surface area contributed by atoms with Gasteiger partial charge in [0.15, 0.2) is 5.69 Å². The molecule has 2 aromatic heterocycles. The van der Waals surface area contributed by atoms with Gasteiger partial charge in [-0.2, -0.15) is 0 Å². The third-order valence-electron chi connectivity index (χ3n) is 2.22. The molecule has 0 fully saturated rings. The Kier molecular flexibility index (Phi) is 3.63. The normalized spacial score (nSPS) is 10.5. The van der Waals surface area contributed by atoms with E-state index in [-0.39, 0.29) is 5.91 Å². The van der Waals surface area contributed by atoms with Crippen molar-refractivity contribution in [3.63, 3.8) is 0 Å². The Morgan fingerprint density at radius 3 is 2.88 bits per heavy atom. The topological polar surface area (TPSA) is 46.3 Å². The van der Waals surface area contributed by atoms with Crippen LogP contribution in [0.3, 0.4) is 0 Å². The van der Waals surface area contributed by atoms with Crippen LogP contribution >= 0.6 is 27.3 Å². The molecule has 0 N–H and O–H groups in total. The highest BCUT2D eigenvalue weighted by Crippen LogP contribution is 2.23. The predicted octanol–water partition coefficient (Wildman–Crippen LogP) is 3.08. The van der Waals surface area contributed by atoms with Gasteiger partial charge in [-0.3, -0.25) is 4.79 Å². The highest BCUT2D eigenvalue weighted by Gasteiger charge is 2.16. The molecule has 0 unspecified atom stereocenters. The Labute approximate surface area is 111 Å². The van der Waals surface area contributed by atoms with Crippen molar-refractivity contribution >= 4 is 33.2 Å². The van der Waals surface area contributed by atoms with Gasteiger partial charge in [0.05, 0.1) is 10.3 Å². The number of rotatable bonds is 3. The van der Waals surface area contributed by atoms with Gasteiger partial charge in [0, 0.05) is 18.0 Å². The Morgan fingerprint density at radius 1 is 1.59 bits per heavy atom. The molecule has 1 amide bonds. The number of aryl methyl sites for hydroxylation is 1. The number of amides is 1. The maximum Gasteiger partial charge on any atom is 0.276 e.